The van der Waals surface area contributed by atoms with E-state index in [1.165, 1.54) is 0 Å². The number of ether oxygens (including phenoxy) is 1. The van der Waals surface area contributed by atoms with Crippen LogP contribution in [-0.4, -0.2) is 23.6 Å². The van der Waals surface area contributed by atoms with Crippen LogP contribution >= 0.6 is 0 Å². The number of halogens is 6. The minimum absolute atomic E-state index is 0.0632. The van der Waals surface area contributed by atoms with E-state index in [1.54, 1.807) is 0 Å². The van der Waals surface area contributed by atoms with Crippen molar-refractivity contribution in [3.8, 4) is 5.75 Å². The van der Waals surface area contributed by atoms with Gasteiger partial charge < -0.3 is 15.2 Å². The fourth-order valence-corrected chi connectivity index (χ4v) is 2.51. The summed E-state index contributed by atoms with van der Waals surface area (Å²) in [6.45, 7) is 0. The molecule has 1 saturated carbocycles. The Balaban J connectivity index is 2.19. The van der Waals surface area contributed by atoms with Crippen LogP contribution in [0.5, 0.6) is 5.75 Å². The smallest absolute Gasteiger partial charge is 0.405 e. The van der Waals surface area contributed by atoms with Gasteiger partial charge in [0.15, 0.2) is 0 Å². The summed E-state index contributed by atoms with van der Waals surface area (Å²) in [6.07, 6.45) is -8.39. The molecule has 0 saturated heterocycles. The molecule has 0 bridgehead atoms. The highest BCUT2D eigenvalue weighted by Gasteiger charge is 2.39. The lowest BCUT2D eigenvalue weighted by atomic mass is 9.93. The fourth-order valence-electron chi connectivity index (χ4n) is 2.51. The number of anilines is 1. The third-order valence-electron chi connectivity index (χ3n) is 3.58. The average Bonchev–Trinajstić information content (AvgIpc) is 2.40. The van der Waals surface area contributed by atoms with E-state index in [0.717, 1.165) is 6.07 Å². The van der Waals surface area contributed by atoms with Crippen LogP contribution < -0.4 is 10.1 Å². The van der Waals surface area contributed by atoms with Crippen LogP contribution in [0.25, 0.3) is 0 Å². The summed E-state index contributed by atoms with van der Waals surface area (Å²) >= 11 is 0. The third kappa shape index (κ3) is 5.19. The van der Waals surface area contributed by atoms with Gasteiger partial charge in [-0.3, -0.25) is 0 Å². The van der Waals surface area contributed by atoms with Crippen molar-refractivity contribution in [2.75, 3.05) is 5.32 Å². The Morgan fingerprint density at radius 1 is 1.00 bits per heavy atom. The van der Waals surface area contributed by atoms with Gasteiger partial charge in [-0.1, -0.05) is 0 Å². The van der Waals surface area contributed by atoms with Crippen LogP contribution in [0, 0.1) is 0 Å². The summed E-state index contributed by atoms with van der Waals surface area (Å²) in [5.41, 5.74) is -1.43. The second kappa shape index (κ2) is 6.46. The quantitative estimate of drug-likeness (QED) is 0.803. The van der Waals surface area contributed by atoms with Crippen molar-refractivity contribution in [3.63, 3.8) is 0 Å². The van der Waals surface area contributed by atoms with Gasteiger partial charge in [0.25, 0.3) is 0 Å². The molecule has 0 unspecified atom stereocenters. The van der Waals surface area contributed by atoms with E-state index >= 15 is 0 Å². The Morgan fingerprint density at radius 2 is 1.61 bits per heavy atom. The molecule has 130 valence electrons. The Morgan fingerprint density at radius 3 is 2.13 bits per heavy atom. The van der Waals surface area contributed by atoms with Crippen molar-refractivity contribution in [2.45, 2.75) is 50.4 Å². The highest BCUT2D eigenvalue weighted by molar-refractivity contribution is 5.53. The van der Waals surface area contributed by atoms with Crippen molar-refractivity contribution in [1.29, 1.82) is 0 Å². The first kappa shape index (κ1) is 17.7. The maximum atomic E-state index is 12.9. The number of hydrogen-bond donors (Lipinski definition) is 2. The minimum Gasteiger partial charge on any atom is -0.405 e. The lowest BCUT2D eigenvalue weighted by molar-refractivity contribution is -0.276. The molecule has 1 aliphatic rings. The number of nitrogens with one attached hydrogen (secondary N) is 1. The van der Waals surface area contributed by atoms with Crippen molar-refractivity contribution in [1.82, 2.24) is 0 Å². The van der Waals surface area contributed by atoms with Gasteiger partial charge in [0, 0.05) is 11.7 Å². The highest BCUT2D eigenvalue weighted by atomic mass is 19.4. The molecule has 0 aliphatic heterocycles. The van der Waals surface area contributed by atoms with E-state index in [2.05, 4.69) is 10.1 Å². The molecule has 0 aromatic heterocycles. The van der Waals surface area contributed by atoms with Gasteiger partial charge in [0.2, 0.25) is 0 Å². The topological polar surface area (TPSA) is 41.5 Å². The largest absolute Gasteiger partial charge is 0.573 e. The Bertz CT molecular complexity index is 535. The van der Waals surface area contributed by atoms with E-state index < -0.39 is 30.0 Å². The number of alkyl halides is 6. The van der Waals surface area contributed by atoms with Gasteiger partial charge in [0.05, 0.1) is 11.7 Å². The Labute approximate surface area is 128 Å². The molecule has 0 atom stereocenters. The molecule has 0 heterocycles. The Hall–Kier alpha value is -1.64. The molecule has 1 fully saturated rings. The van der Waals surface area contributed by atoms with E-state index in [1.807, 2.05) is 0 Å². The second-order valence-corrected chi connectivity index (χ2v) is 5.41. The normalized spacial score (nSPS) is 22.7. The maximum absolute atomic E-state index is 12.9. The molecule has 23 heavy (non-hydrogen) atoms. The van der Waals surface area contributed by atoms with Gasteiger partial charge in [-0.25, -0.2) is 0 Å². The van der Waals surface area contributed by atoms with Crippen LogP contribution in [0.15, 0.2) is 18.2 Å². The molecular formula is C14H15F6NO2. The van der Waals surface area contributed by atoms with Gasteiger partial charge in [-0.2, -0.15) is 13.2 Å². The van der Waals surface area contributed by atoms with E-state index in [0.29, 0.717) is 37.8 Å². The number of aliphatic hydroxyl groups excluding tert-OH is 1. The predicted molar refractivity (Wildman–Crippen MR) is 70.0 cm³/mol. The van der Waals surface area contributed by atoms with Crippen molar-refractivity contribution in [3.05, 3.63) is 23.8 Å². The van der Waals surface area contributed by atoms with Crippen LogP contribution in [0.3, 0.4) is 0 Å². The van der Waals surface area contributed by atoms with E-state index in [4.69, 9.17) is 0 Å². The monoisotopic (exact) mass is 343 g/mol. The Kier molecular flexibility index (Phi) is 4.98. The van der Waals surface area contributed by atoms with Crippen molar-refractivity contribution >= 4 is 5.69 Å². The first-order valence-corrected chi connectivity index (χ1v) is 6.96. The first-order valence-electron chi connectivity index (χ1n) is 6.96. The second-order valence-electron chi connectivity index (χ2n) is 5.41. The number of benzene rings is 1. The van der Waals surface area contributed by atoms with Crippen LogP contribution in [0.4, 0.5) is 32.0 Å². The molecule has 3 nitrogen and oxygen atoms in total. The van der Waals surface area contributed by atoms with Crippen molar-refractivity contribution in [2.24, 2.45) is 0 Å². The van der Waals surface area contributed by atoms with Gasteiger partial charge in [-0.15, -0.1) is 13.2 Å². The third-order valence-corrected chi connectivity index (χ3v) is 3.58. The van der Waals surface area contributed by atoms with Crippen molar-refractivity contribution < 1.29 is 36.2 Å². The lowest BCUT2D eigenvalue weighted by Crippen LogP contribution is -2.28. The SMILES string of the molecule is OC1CCC(Nc2ccc(OC(F)(F)F)c(C(F)(F)F)c2)CC1. The summed E-state index contributed by atoms with van der Waals surface area (Å²) in [5.74, 6) is -1.28. The number of aliphatic hydroxyl groups is 1. The predicted octanol–water partition coefficient (Wildman–Crippen LogP) is 4.32. The molecule has 0 spiro atoms. The zero-order valence-corrected chi connectivity index (χ0v) is 11.8. The molecule has 0 radical (unpaired) electrons. The number of hydrogen-bond acceptors (Lipinski definition) is 3. The van der Waals surface area contributed by atoms with Crippen LogP contribution in [0.1, 0.15) is 31.2 Å². The zero-order chi connectivity index (χ0) is 17.3. The van der Waals surface area contributed by atoms with E-state index in [9.17, 15) is 31.4 Å². The maximum Gasteiger partial charge on any atom is 0.573 e. The highest BCUT2D eigenvalue weighted by Crippen LogP contribution is 2.40. The summed E-state index contributed by atoms with van der Waals surface area (Å²) in [4.78, 5) is 0. The molecule has 0 amide bonds. The van der Waals surface area contributed by atoms with Crippen LogP contribution in [0.2, 0.25) is 0 Å². The molecule has 2 N–H and O–H groups in total. The van der Waals surface area contributed by atoms with Gasteiger partial charge in [0.1, 0.15) is 5.75 Å². The standard InChI is InChI=1S/C14H15F6NO2/c15-13(16,17)11-7-9(3-6-12(11)23-14(18,19)20)21-8-1-4-10(22)5-2-8/h3,6-8,10,21-22H,1-2,4-5H2. The average molecular weight is 343 g/mol. The molecule has 9 heteroatoms. The molecule has 1 aliphatic carbocycles. The summed E-state index contributed by atoms with van der Waals surface area (Å²) in [5, 5.41) is 12.2. The zero-order valence-electron chi connectivity index (χ0n) is 11.8. The van der Waals surface area contributed by atoms with Gasteiger partial charge >= 0.3 is 12.5 Å². The summed E-state index contributed by atoms with van der Waals surface area (Å²) in [6, 6.07) is 2.23. The molecule has 2 rings (SSSR count). The molecule has 1 aromatic rings. The number of rotatable bonds is 3. The van der Waals surface area contributed by atoms with Gasteiger partial charge in [-0.05, 0) is 43.9 Å². The minimum atomic E-state index is -5.20. The lowest BCUT2D eigenvalue weighted by Gasteiger charge is -2.27. The molecule has 1 aromatic carbocycles. The molecular weight excluding hydrogens is 328 g/mol. The fraction of sp³-hybridized carbons (Fsp3) is 0.571. The summed E-state index contributed by atoms with van der Waals surface area (Å²) < 4.78 is 78.8. The van der Waals surface area contributed by atoms with Crippen LogP contribution in [-0.2, 0) is 6.18 Å². The summed E-state index contributed by atoms with van der Waals surface area (Å²) in [7, 11) is 0. The first-order chi connectivity index (χ1) is 10.5. The van der Waals surface area contributed by atoms with E-state index in [-0.39, 0.29) is 11.7 Å².